The van der Waals surface area contributed by atoms with Gasteiger partial charge in [-0.05, 0) is 6.42 Å². The Hall–Kier alpha value is -0.195. The highest BCUT2D eigenvalue weighted by atomic mass is 13.8. The zero-order valence-electron chi connectivity index (χ0n) is 5.11. The zero-order chi connectivity index (χ0) is 5.54. The van der Waals surface area contributed by atoms with Crippen molar-refractivity contribution in [3.05, 3.63) is 12.7 Å². The summed E-state index contributed by atoms with van der Waals surface area (Å²) in [5.41, 5.74) is 0. The molecule has 0 spiro atoms. The fraction of sp³-hybridized carbons (Fsp3) is 0.667. The molecule has 0 nitrogen and oxygen atoms in total. The van der Waals surface area contributed by atoms with E-state index < -0.39 is 0 Å². The predicted molar refractivity (Wildman–Crippen MR) is 37.4 cm³/mol. The quantitative estimate of drug-likeness (QED) is 0.282. The molecule has 0 aliphatic heterocycles. The van der Waals surface area contributed by atoms with Gasteiger partial charge in [0.1, 0.15) is 7.85 Å². The lowest BCUT2D eigenvalue weighted by atomic mass is 10.00. The van der Waals surface area contributed by atoms with Crippen LogP contribution in [-0.2, 0) is 0 Å². The third-order valence-corrected chi connectivity index (χ3v) is 1.01. The molecule has 0 heterocycles. The topological polar surface area (TPSA) is 0 Å². The Morgan fingerprint density at radius 3 is 2.57 bits per heavy atom. The molecule has 0 bridgehead atoms. The molecule has 0 unspecified atom stereocenters. The Bertz CT molecular complexity index is 41.4. The normalized spacial score (nSPS) is 8.57. The summed E-state index contributed by atoms with van der Waals surface area (Å²) in [5.74, 6) is 0. The lowest BCUT2D eigenvalue weighted by Gasteiger charge is -1.87. The molecule has 0 fully saturated rings. The molecule has 0 rings (SSSR count). The molecule has 0 radical (unpaired) electrons. The van der Waals surface area contributed by atoms with Crippen molar-refractivity contribution in [3.63, 3.8) is 0 Å². The third kappa shape index (κ3) is 5.80. The number of rotatable bonds is 4. The zero-order valence-corrected chi connectivity index (χ0v) is 5.11. The Morgan fingerprint density at radius 2 is 2.14 bits per heavy atom. The summed E-state index contributed by atoms with van der Waals surface area (Å²) in [4.78, 5) is 0. The van der Waals surface area contributed by atoms with E-state index in [2.05, 4.69) is 14.4 Å². The molecule has 0 aromatic carbocycles. The van der Waals surface area contributed by atoms with Gasteiger partial charge in [-0.2, -0.15) is 0 Å². The molecule has 7 heavy (non-hydrogen) atoms. The van der Waals surface area contributed by atoms with Gasteiger partial charge in [0, 0.05) is 0 Å². The number of allylic oxidation sites excluding steroid dienone is 1. The van der Waals surface area contributed by atoms with Crippen molar-refractivity contribution in [1.82, 2.24) is 0 Å². The molecule has 0 atom stereocenters. The van der Waals surface area contributed by atoms with E-state index >= 15 is 0 Å². The molecule has 0 saturated carbocycles. The van der Waals surface area contributed by atoms with Crippen molar-refractivity contribution < 1.29 is 0 Å². The number of unbranched alkanes of at least 4 members (excludes halogenated alkanes) is 2. The summed E-state index contributed by atoms with van der Waals surface area (Å²) in [7, 11) is 2.21. The van der Waals surface area contributed by atoms with Crippen LogP contribution in [0, 0.1) is 0 Å². The van der Waals surface area contributed by atoms with Gasteiger partial charge in [0.2, 0.25) is 0 Å². The van der Waals surface area contributed by atoms with Gasteiger partial charge >= 0.3 is 0 Å². The van der Waals surface area contributed by atoms with Crippen molar-refractivity contribution in [2.24, 2.45) is 0 Å². The maximum absolute atomic E-state index is 3.63. The van der Waals surface area contributed by atoms with E-state index in [0.717, 1.165) is 0 Å². The molecule has 0 aromatic heterocycles. The Morgan fingerprint density at radius 1 is 1.43 bits per heavy atom. The standard InChI is InChI=1S/C6H13B/c1-2-3-4-5-6-7/h2H,1,3-7H2. The van der Waals surface area contributed by atoms with E-state index in [9.17, 15) is 0 Å². The van der Waals surface area contributed by atoms with E-state index in [0.29, 0.717) is 0 Å². The van der Waals surface area contributed by atoms with Crippen LogP contribution in [0.15, 0.2) is 12.7 Å². The lowest BCUT2D eigenvalue weighted by molar-refractivity contribution is 0.814. The molecular weight excluding hydrogens is 82.9 g/mol. The van der Waals surface area contributed by atoms with Gasteiger partial charge in [0.25, 0.3) is 0 Å². The first kappa shape index (κ1) is 6.80. The highest BCUT2D eigenvalue weighted by Gasteiger charge is 1.77. The monoisotopic (exact) mass is 96.1 g/mol. The van der Waals surface area contributed by atoms with Gasteiger partial charge in [0.05, 0.1) is 0 Å². The summed E-state index contributed by atoms with van der Waals surface area (Å²) < 4.78 is 0. The fourth-order valence-electron chi connectivity index (χ4n) is 0.539. The van der Waals surface area contributed by atoms with Crippen molar-refractivity contribution in [3.8, 4) is 0 Å². The SMILES string of the molecule is BCCCCC=C. The molecule has 1 heteroatoms. The van der Waals surface area contributed by atoms with Gasteiger partial charge in [-0.25, -0.2) is 0 Å². The van der Waals surface area contributed by atoms with Crippen LogP contribution < -0.4 is 0 Å². The van der Waals surface area contributed by atoms with Crippen molar-refractivity contribution >= 4 is 7.85 Å². The maximum Gasteiger partial charge on any atom is 0.101 e. The number of hydrogen-bond donors (Lipinski definition) is 0. The molecule has 0 N–H and O–H groups in total. The molecule has 0 aliphatic carbocycles. The van der Waals surface area contributed by atoms with Crippen LogP contribution in [-0.4, -0.2) is 7.85 Å². The Labute approximate surface area is 47.0 Å². The number of hydrogen-bond acceptors (Lipinski definition) is 0. The minimum atomic E-state index is 1.19. The second-order valence-electron chi connectivity index (χ2n) is 1.78. The van der Waals surface area contributed by atoms with Crippen LogP contribution in [0.5, 0.6) is 0 Å². The van der Waals surface area contributed by atoms with Gasteiger partial charge < -0.3 is 0 Å². The average molecular weight is 96.0 g/mol. The first-order valence-electron chi connectivity index (χ1n) is 3.02. The predicted octanol–water partition coefficient (Wildman–Crippen LogP) is 1.39. The van der Waals surface area contributed by atoms with Crippen LogP contribution in [0.25, 0.3) is 0 Å². The van der Waals surface area contributed by atoms with Gasteiger partial charge in [-0.3, -0.25) is 0 Å². The van der Waals surface area contributed by atoms with E-state index in [1.807, 2.05) is 6.08 Å². The smallest absolute Gasteiger partial charge is 0.101 e. The van der Waals surface area contributed by atoms with E-state index in [1.54, 1.807) is 0 Å². The summed E-state index contributed by atoms with van der Waals surface area (Å²) in [5, 5.41) is 0. The Balaban J connectivity index is 2.56. The van der Waals surface area contributed by atoms with Crippen LogP contribution >= 0.6 is 0 Å². The molecule has 0 aliphatic rings. The second kappa shape index (κ2) is 5.80. The van der Waals surface area contributed by atoms with Crippen molar-refractivity contribution in [1.29, 1.82) is 0 Å². The summed E-state index contributed by atoms with van der Waals surface area (Å²) in [6, 6.07) is 0. The van der Waals surface area contributed by atoms with Crippen LogP contribution in [0.2, 0.25) is 6.32 Å². The van der Waals surface area contributed by atoms with Crippen LogP contribution in [0.1, 0.15) is 19.3 Å². The maximum atomic E-state index is 3.63. The van der Waals surface area contributed by atoms with Gasteiger partial charge in [-0.15, -0.1) is 6.58 Å². The second-order valence-corrected chi connectivity index (χ2v) is 1.78. The van der Waals surface area contributed by atoms with Crippen molar-refractivity contribution in [2.75, 3.05) is 0 Å². The molecule has 0 amide bonds. The van der Waals surface area contributed by atoms with Crippen LogP contribution in [0.3, 0.4) is 0 Å². The van der Waals surface area contributed by atoms with Crippen molar-refractivity contribution in [2.45, 2.75) is 25.6 Å². The van der Waals surface area contributed by atoms with E-state index in [1.165, 1.54) is 25.6 Å². The molecule has 40 valence electrons. The molecular formula is C6H13B. The summed E-state index contributed by atoms with van der Waals surface area (Å²) >= 11 is 0. The first-order chi connectivity index (χ1) is 3.41. The summed E-state index contributed by atoms with van der Waals surface area (Å²) in [6.45, 7) is 3.63. The largest absolute Gasteiger partial charge is 0.103 e. The van der Waals surface area contributed by atoms with E-state index in [-0.39, 0.29) is 0 Å². The summed E-state index contributed by atoms with van der Waals surface area (Å²) in [6.07, 6.45) is 7.16. The van der Waals surface area contributed by atoms with Crippen LogP contribution in [0.4, 0.5) is 0 Å². The van der Waals surface area contributed by atoms with Gasteiger partial charge in [0.15, 0.2) is 0 Å². The third-order valence-electron chi connectivity index (χ3n) is 1.01. The Kier molecular flexibility index (Phi) is 5.64. The highest BCUT2D eigenvalue weighted by Crippen LogP contribution is 1.96. The van der Waals surface area contributed by atoms with Gasteiger partial charge in [-0.1, -0.05) is 25.2 Å². The minimum absolute atomic E-state index is 1.19. The van der Waals surface area contributed by atoms with E-state index in [4.69, 9.17) is 0 Å². The molecule has 0 aromatic rings. The average Bonchev–Trinajstić information content (AvgIpc) is 1.69. The first-order valence-corrected chi connectivity index (χ1v) is 3.02. The molecule has 0 saturated heterocycles. The minimum Gasteiger partial charge on any atom is -0.103 e. The highest BCUT2D eigenvalue weighted by molar-refractivity contribution is 6.08. The fourth-order valence-corrected chi connectivity index (χ4v) is 0.539. The lowest BCUT2D eigenvalue weighted by Crippen LogP contribution is -1.70.